The van der Waals surface area contributed by atoms with Crippen LogP contribution in [0, 0.1) is 0 Å². The Morgan fingerprint density at radius 2 is 1.67 bits per heavy atom. The van der Waals surface area contributed by atoms with Crippen molar-refractivity contribution in [2.24, 2.45) is 0 Å². The molecule has 0 aliphatic carbocycles. The van der Waals surface area contributed by atoms with Crippen molar-refractivity contribution in [3.05, 3.63) is 59.1 Å². The number of halogens is 1. The number of aliphatic hydroxyl groups is 1. The Bertz CT molecular complexity index is 527. The van der Waals surface area contributed by atoms with E-state index >= 15 is 0 Å². The molecule has 0 unspecified atom stereocenters. The Morgan fingerprint density at radius 1 is 1.06 bits per heavy atom. The van der Waals surface area contributed by atoms with Crippen molar-refractivity contribution in [2.45, 2.75) is 29.2 Å². The number of hydrogen-bond donors (Lipinski definition) is 1. The molecule has 0 heterocycles. The maximum atomic E-state index is 10.0. The lowest BCUT2D eigenvalue weighted by Crippen LogP contribution is -1.97. The fourth-order valence-corrected chi connectivity index (χ4v) is 2.98. The molecule has 0 bridgehead atoms. The van der Waals surface area contributed by atoms with Crippen LogP contribution >= 0.6 is 23.4 Å². The smallest absolute Gasteiger partial charge is 0.0798 e. The molecule has 0 radical (unpaired) electrons. The summed E-state index contributed by atoms with van der Waals surface area (Å²) in [6, 6.07) is 15.7. The van der Waals surface area contributed by atoms with Gasteiger partial charge < -0.3 is 5.11 Å². The maximum absolute atomic E-state index is 10.0. The fraction of sp³-hybridized carbons (Fsp3) is 0.200. The molecule has 18 heavy (non-hydrogen) atoms. The Labute approximate surface area is 117 Å². The molecule has 2 rings (SSSR count). The van der Waals surface area contributed by atoms with Crippen molar-refractivity contribution in [2.75, 3.05) is 0 Å². The number of rotatable bonds is 4. The first-order valence-electron chi connectivity index (χ1n) is 5.91. The van der Waals surface area contributed by atoms with Gasteiger partial charge in [-0.25, -0.2) is 0 Å². The predicted molar refractivity (Wildman–Crippen MR) is 77.3 cm³/mol. The summed E-state index contributed by atoms with van der Waals surface area (Å²) in [6.07, 6.45) is 0.288. The van der Waals surface area contributed by atoms with Gasteiger partial charge in [0.25, 0.3) is 0 Å². The lowest BCUT2D eigenvalue weighted by Gasteiger charge is -2.13. The Hall–Kier alpha value is -0.960. The van der Waals surface area contributed by atoms with Gasteiger partial charge in [-0.1, -0.05) is 60.6 Å². The van der Waals surface area contributed by atoms with Gasteiger partial charge in [0.05, 0.1) is 11.1 Å². The molecule has 0 aliphatic heterocycles. The molecule has 2 aromatic carbocycles. The van der Waals surface area contributed by atoms with Crippen LogP contribution in [0.3, 0.4) is 0 Å². The topological polar surface area (TPSA) is 20.2 Å². The minimum atomic E-state index is -0.420. The third-order valence-corrected chi connectivity index (χ3v) is 4.33. The number of benzene rings is 2. The van der Waals surface area contributed by atoms with Gasteiger partial charge >= 0.3 is 0 Å². The van der Waals surface area contributed by atoms with Gasteiger partial charge in [-0.3, -0.25) is 0 Å². The molecular formula is C15H15ClOS. The normalized spacial score (nSPS) is 12.4. The predicted octanol–water partition coefficient (Wildman–Crippen LogP) is 4.93. The van der Waals surface area contributed by atoms with E-state index in [0.29, 0.717) is 6.42 Å². The molecule has 2 aromatic rings. The molecule has 0 aliphatic rings. The van der Waals surface area contributed by atoms with E-state index in [1.54, 1.807) is 11.8 Å². The van der Waals surface area contributed by atoms with Crippen molar-refractivity contribution in [1.82, 2.24) is 0 Å². The first-order valence-corrected chi connectivity index (χ1v) is 7.11. The van der Waals surface area contributed by atoms with Crippen LogP contribution in [0.5, 0.6) is 0 Å². The molecule has 1 nitrogen and oxygen atoms in total. The van der Waals surface area contributed by atoms with Gasteiger partial charge in [0.2, 0.25) is 0 Å². The molecule has 1 atom stereocenters. The van der Waals surface area contributed by atoms with Gasteiger partial charge in [0.1, 0.15) is 0 Å². The van der Waals surface area contributed by atoms with Crippen molar-refractivity contribution in [3.63, 3.8) is 0 Å². The van der Waals surface area contributed by atoms with Crippen LogP contribution in [0.2, 0.25) is 5.02 Å². The zero-order chi connectivity index (χ0) is 13.0. The second kappa shape index (κ2) is 6.28. The first kappa shape index (κ1) is 13.5. The van der Waals surface area contributed by atoms with E-state index in [9.17, 15) is 5.11 Å². The molecule has 94 valence electrons. The van der Waals surface area contributed by atoms with Gasteiger partial charge in [-0.05, 0) is 30.2 Å². The SMILES string of the molecule is CC[C@H](O)c1ccccc1Sc1ccccc1Cl. The lowest BCUT2D eigenvalue weighted by molar-refractivity contribution is 0.171. The van der Waals surface area contributed by atoms with E-state index in [-0.39, 0.29) is 0 Å². The van der Waals surface area contributed by atoms with Gasteiger partial charge in [0, 0.05) is 9.79 Å². The summed E-state index contributed by atoms with van der Waals surface area (Å²) in [5.41, 5.74) is 0.963. The average Bonchev–Trinajstić information content (AvgIpc) is 2.41. The van der Waals surface area contributed by atoms with Crippen molar-refractivity contribution in [1.29, 1.82) is 0 Å². The summed E-state index contributed by atoms with van der Waals surface area (Å²) in [5.74, 6) is 0. The van der Waals surface area contributed by atoms with E-state index in [1.165, 1.54) is 0 Å². The molecule has 0 saturated heterocycles. The van der Waals surface area contributed by atoms with Gasteiger partial charge in [-0.15, -0.1) is 0 Å². The molecule has 0 amide bonds. The van der Waals surface area contributed by atoms with E-state index in [0.717, 1.165) is 20.4 Å². The third-order valence-electron chi connectivity index (χ3n) is 2.72. The fourth-order valence-electron chi connectivity index (χ4n) is 1.71. The van der Waals surface area contributed by atoms with E-state index in [1.807, 2.05) is 55.5 Å². The number of hydrogen-bond acceptors (Lipinski definition) is 2. The largest absolute Gasteiger partial charge is 0.388 e. The van der Waals surface area contributed by atoms with Gasteiger partial charge in [0.15, 0.2) is 0 Å². The molecule has 3 heteroatoms. The summed E-state index contributed by atoms with van der Waals surface area (Å²) in [4.78, 5) is 2.06. The standard InChI is InChI=1S/C15H15ClOS/c1-2-13(17)11-7-3-5-9-14(11)18-15-10-6-4-8-12(15)16/h3-10,13,17H,2H2,1H3/t13-/m0/s1. The maximum Gasteiger partial charge on any atom is 0.0798 e. The third kappa shape index (κ3) is 3.08. The molecule has 0 aromatic heterocycles. The van der Waals surface area contributed by atoms with Crippen LogP contribution in [0.25, 0.3) is 0 Å². The molecule has 1 N–H and O–H groups in total. The second-order valence-corrected chi connectivity index (χ2v) is 5.49. The molecule has 0 fully saturated rings. The van der Waals surface area contributed by atoms with E-state index in [4.69, 9.17) is 11.6 Å². The Balaban J connectivity index is 2.32. The van der Waals surface area contributed by atoms with Crippen LogP contribution in [0.4, 0.5) is 0 Å². The summed E-state index contributed by atoms with van der Waals surface area (Å²) in [6.45, 7) is 1.97. The lowest BCUT2D eigenvalue weighted by atomic mass is 10.1. The molecule has 0 spiro atoms. The summed E-state index contributed by atoms with van der Waals surface area (Å²) in [5, 5.41) is 10.8. The summed E-state index contributed by atoms with van der Waals surface area (Å²) >= 11 is 7.75. The highest BCUT2D eigenvalue weighted by Gasteiger charge is 2.11. The average molecular weight is 279 g/mol. The van der Waals surface area contributed by atoms with E-state index in [2.05, 4.69) is 0 Å². The zero-order valence-electron chi connectivity index (χ0n) is 10.1. The van der Waals surface area contributed by atoms with Crippen molar-refractivity contribution >= 4 is 23.4 Å². The van der Waals surface area contributed by atoms with Crippen LogP contribution in [0.15, 0.2) is 58.3 Å². The van der Waals surface area contributed by atoms with Crippen molar-refractivity contribution in [3.8, 4) is 0 Å². The van der Waals surface area contributed by atoms with Gasteiger partial charge in [-0.2, -0.15) is 0 Å². The highest BCUT2D eigenvalue weighted by molar-refractivity contribution is 7.99. The molecular weight excluding hydrogens is 264 g/mol. The zero-order valence-corrected chi connectivity index (χ0v) is 11.7. The summed E-state index contributed by atoms with van der Waals surface area (Å²) in [7, 11) is 0. The quantitative estimate of drug-likeness (QED) is 0.855. The minimum Gasteiger partial charge on any atom is -0.388 e. The van der Waals surface area contributed by atoms with Crippen LogP contribution in [0.1, 0.15) is 25.0 Å². The monoisotopic (exact) mass is 278 g/mol. The number of aliphatic hydroxyl groups excluding tert-OH is 1. The minimum absolute atomic E-state index is 0.420. The van der Waals surface area contributed by atoms with Crippen molar-refractivity contribution < 1.29 is 5.11 Å². The first-order chi connectivity index (χ1) is 8.72. The summed E-state index contributed by atoms with van der Waals surface area (Å²) < 4.78 is 0. The van der Waals surface area contributed by atoms with Crippen LogP contribution in [-0.2, 0) is 0 Å². The molecule has 0 saturated carbocycles. The van der Waals surface area contributed by atoms with Crippen LogP contribution < -0.4 is 0 Å². The highest BCUT2D eigenvalue weighted by Crippen LogP contribution is 2.37. The Morgan fingerprint density at radius 3 is 2.33 bits per heavy atom. The Kier molecular flexibility index (Phi) is 4.70. The van der Waals surface area contributed by atoms with E-state index < -0.39 is 6.10 Å². The van der Waals surface area contributed by atoms with Crippen LogP contribution in [-0.4, -0.2) is 5.11 Å². The highest BCUT2D eigenvalue weighted by atomic mass is 35.5. The second-order valence-electron chi connectivity index (χ2n) is 3.99.